The second-order valence-electron chi connectivity index (χ2n) is 7.82. The van der Waals surface area contributed by atoms with Crippen LogP contribution in [0.15, 0.2) is 42.7 Å². The number of rotatable bonds is 5. The highest BCUT2D eigenvalue weighted by Gasteiger charge is 2.30. The number of hydrogen-bond acceptors (Lipinski definition) is 5. The quantitative estimate of drug-likeness (QED) is 0.722. The lowest BCUT2D eigenvalue weighted by Crippen LogP contribution is -2.48. The fourth-order valence-electron chi connectivity index (χ4n) is 3.90. The van der Waals surface area contributed by atoms with Crippen LogP contribution in [-0.2, 0) is 6.54 Å². The van der Waals surface area contributed by atoms with E-state index in [-0.39, 0.29) is 11.9 Å². The number of methoxy groups -OCH3 is 1. The Morgan fingerprint density at radius 1 is 1.31 bits per heavy atom. The molecule has 1 saturated heterocycles. The SMILES string of the molecule is COc1ccccc1C1CNCCN1C(=O)c1cnc2c(cnn2CC(C)C)c1. The van der Waals surface area contributed by atoms with E-state index in [2.05, 4.69) is 29.2 Å². The third kappa shape index (κ3) is 3.82. The predicted octanol–water partition coefficient (Wildman–Crippen LogP) is 2.88. The van der Waals surface area contributed by atoms with Crippen molar-refractivity contribution in [3.8, 4) is 5.75 Å². The first-order valence-corrected chi connectivity index (χ1v) is 10.0. The van der Waals surface area contributed by atoms with Crippen LogP contribution in [0.3, 0.4) is 0 Å². The molecule has 29 heavy (non-hydrogen) atoms. The molecular weight excluding hydrogens is 366 g/mol. The minimum Gasteiger partial charge on any atom is -0.496 e. The summed E-state index contributed by atoms with van der Waals surface area (Å²) in [6, 6.07) is 9.68. The number of nitrogens with zero attached hydrogens (tertiary/aromatic N) is 4. The zero-order valence-corrected chi connectivity index (χ0v) is 17.1. The lowest BCUT2D eigenvalue weighted by atomic mass is 10.0. The number of hydrogen-bond donors (Lipinski definition) is 1. The van der Waals surface area contributed by atoms with Gasteiger partial charge in [0.25, 0.3) is 5.91 Å². The molecule has 4 rings (SSSR count). The Bertz CT molecular complexity index is 1010. The van der Waals surface area contributed by atoms with E-state index in [1.807, 2.05) is 39.9 Å². The number of carbonyl (C=O) groups is 1. The van der Waals surface area contributed by atoms with Gasteiger partial charge in [0, 0.05) is 43.3 Å². The summed E-state index contributed by atoms with van der Waals surface area (Å²) in [6.45, 7) is 7.18. The van der Waals surface area contributed by atoms with Crippen LogP contribution in [0.4, 0.5) is 0 Å². The van der Waals surface area contributed by atoms with Gasteiger partial charge in [-0.05, 0) is 18.1 Å². The average Bonchev–Trinajstić information content (AvgIpc) is 3.14. The molecule has 0 radical (unpaired) electrons. The first-order valence-electron chi connectivity index (χ1n) is 10.0. The van der Waals surface area contributed by atoms with E-state index in [1.54, 1.807) is 19.5 Å². The predicted molar refractivity (Wildman–Crippen MR) is 112 cm³/mol. The maximum atomic E-state index is 13.4. The molecule has 7 heteroatoms. The molecule has 0 saturated carbocycles. The highest BCUT2D eigenvalue weighted by atomic mass is 16.5. The summed E-state index contributed by atoms with van der Waals surface area (Å²) in [4.78, 5) is 19.9. The molecule has 0 bridgehead atoms. The van der Waals surface area contributed by atoms with Gasteiger partial charge in [0.1, 0.15) is 5.75 Å². The summed E-state index contributed by atoms with van der Waals surface area (Å²) in [5.74, 6) is 1.25. The van der Waals surface area contributed by atoms with Crippen LogP contribution in [0.5, 0.6) is 5.75 Å². The van der Waals surface area contributed by atoms with Crippen LogP contribution >= 0.6 is 0 Å². The normalized spacial score (nSPS) is 17.1. The first kappa shape index (κ1) is 19.4. The van der Waals surface area contributed by atoms with Crippen molar-refractivity contribution in [2.45, 2.75) is 26.4 Å². The van der Waals surface area contributed by atoms with Crippen molar-refractivity contribution in [2.24, 2.45) is 5.92 Å². The van der Waals surface area contributed by atoms with E-state index in [1.165, 1.54) is 0 Å². The van der Waals surface area contributed by atoms with Crippen molar-refractivity contribution >= 4 is 16.9 Å². The van der Waals surface area contributed by atoms with Crippen molar-refractivity contribution in [2.75, 3.05) is 26.7 Å². The van der Waals surface area contributed by atoms with Gasteiger partial charge in [-0.25, -0.2) is 9.67 Å². The number of nitrogens with one attached hydrogen (secondary N) is 1. The molecule has 1 N–H and O–H groups in total. The number of piperazine rings is 1. The van der Waals surface area contributed by atoms with Crippen molar-refractivity contribution in [1.29, 1.82) is 0 Å². The van der Waals surface area contributed by atoms with E-state index >= 15 is 0 Å². The lowest BCUT2D eigenvalue weighted by Gasteiger charge is -2.37. The van der Waals surface area contributed by atoms with Gasteiger partial charge in [-0.3, -0.25) is 4.79 Å². The monoisotopic (exact) mass is 393 g/mol. The van der Waals surface area contributed by atoms with Crippen LogP contribution in [0.25, 0.3) is 11.0 Å². The maximum absolute atomic E-state index is 13.4. The van der Waals surface area contributed by atoms with E-state index in [0.29, 0.717) is 24.6 Å². The molecule has 1 aromatic carbocycles. The summed E-state index contributed by atoms with van der Waals surface area (Å²) < 4.78 is 7.43. The Kier molecular flexibility index (Phi) is 5.49. The Balaban J connectivity index is 1.65. The largest absolute Gasteiger partial charge is 0.496 e. The second-order valence-corrected chi connectivity index (χ2v) is 7.82. The topological polar surface area (TPSA) is 72.3 Å². The minimum absolute atomic E-state index is 0.0200. The van der Waals surface area contributed by atoms with Crippen LogP contribution in [0.2, 0.25) is 0 Å². The summed E-state index contributed by atoms with van der Waals surface area (Å²) in [5.41, 5.74) is 2.41. The highest BCUT2D eigenvalue weighted by molar-refractivity contribution is 5.97. The molecule has 2 aromatic heterocycles. The number of para-hydroxylation sites is 1. The van der Waals surface area contributed by atoms with Gasteiger partial charge < -0.3 is 15.0 Å². The minimum atomic E-state index is -0.0910. The van der Waals surface area contributed by atoms with E-state index in [4.69, 9.17) is 4.74 Å². The zero-order chi connectivity index (χ0) is 20.4. The zero-order valence-electron chi connectivity index (χ0n) is 17.1. The number of fused-ring (bicyclic) bond motifs is 1. The first-order chi connectivity index (χ1) is 14.1. The molecular formula is C22H27N5O2. The molecule has 1 aliphatic rings. The van der Waals surface area contributed by atoms with Gasteiger partial charge in [0.15, 0.2) is 5.65 Å². The molecule has 3 heterocycles. The van der Waals surface area contributed by atoms with Crippen LogP contribution < -0.4 is 10.1 Å². The number of benzene rings is 1. The van der Waals surface area contributed by atoms with Gasteiger partial charge in [-0.15, -0.1) is 0 Å². The third-order valence-electron chi connectivity index (χ3n) is 5.26. The molecule has 0 spiro atoms. The molecule has 1 fully saturated rings. The molecule has 7 nitrogen and oxygen atoms in total. The van der Waals surface area contributed by atoms with E-state index in [0.717, 1.165) is 35.4 Å². The number of ether oxygens (including phenoxy) is 1. The van der Waals surface area contributed by atoms with Crippen LogP contribution in [0, 0.1) is 5.92 Å². The highest BCUT2D eigenvalue weighted by Crippen LogP contribution is 2.31. The van der Waals surface area contributed by atoms with E-state index in [9.17, 15) is 4.79 Å². The van der Waals surface area contributed by atoms with E-state index < -0.39 is 0 Å². The fourth-order valence-corrected chi connectivity index (χ4v) is 3.90. The van der Waals surface area contributed by atoms with Crippen molar-refractivity contribution < 1.29 is 9.53 Å². The number of aromatic nitrogens is 3. The molecule has 1 unspecified atom stereocenters. The van der Waals surface area contributed by atoms with Gasteiger partial charge in [-0.2, -0.15) is 5.10 Å². The Morgan fingerprint density at radius 3 is 2.93 bits per heavy atom. The van der Waals surface area contributed by atoms with Gasteiger partial charge >= 0.3 is 0 Å². The standard InChI is InChI=1S/C22H27N5O2/c1-15(2)14-27-21-16(12-25-27)10-17(11-24-21)22(28)26-9-8-23-13-19(26)18-6-4-5-7-20(18)29-3/h4-7,10-12,15,19,23H,8-9,13-14H2,1-3H3. The molecule has 3 aromatic rings. The molecule has 1 aliphatic heterocycles. The molecule has 0 aliphatic carbocycles. The summed E-state index contributed by atoms with van der Waals surface area (Å²) in [7, 11) is 1.66. The van der Waals surface area contributed by atoms with Crippen molar-refractivity contribution in [3.05, 3.63) is 53.9 Å². The van der Waals surface area contributed by atoms with Crippen LogP contribution in [0.1, 0.15) is 35.8 Å². The maximum Gasteiger partial charge on any atom is 0.256 e. The third-order valence-corrected chi connectivity index (χ3v) is 5.26. The smallest absolute Gasteiger partial charge is 0.256 e. The summed E-state index contributed by atoms with van der Waals surface area (Å²) >= 11 is 0. The number of pyridine rings is 1. The van der Waals surface area contributed by atoms with Crippen molar-refractivity contribution in [3.63, 3.8) is 0 Å². The van der Waals surface area contributed by atoms with Gasteiger partial charge in [-0.1, -0.05) is 32.0 Å². The van der Waals surface area contributed by atoms with Crippen molar-refractivity contribution in [1.82, 2.24) is 25.0 Å². The Labute approximate surface area is 170 Å². The lowest BCUT2D eigenvalue weighted by molar-refractivity contribution is 0.0631. The van der Waals surface area contributed by atoms with Gasteiger partial charge in [0.05, 0.1) is 24.9 Å². The molecule has 152 valence electrons. The summed E-state index contributed by atoms with van der Waals surface area (Å²) in [5, 5.41) is 8.72. The Morgan fingerprint density at radius 2 is 2.14 bits per heavy atom. The average molecular weight is 393 g/mol. The second kappa shape index (κ2) is 8.21. The summed E-state index contributed by atoms with van der Waals surface area (Å²) in [6.07, 6.45) is 3.46. The number of amides is 1. The fraction of sp³-hybridized carbons (Fsp3) is 0.409. The molecule has 1 atom stereocenters. The Hall–Kier alpha value is -2.93. The number of carbonyl (C=O) groups excluding carboxylic acids is 1. The van der Waals surface area contributed by atoms with Gasteiger partial charge in [0.2, 0.25) is 0 Å². The molecule has 1 amide bonds. The van der Waals surface area contributed by atoms with Crippen LogP contribution in [-0.4, -0.2) is 52.3 Å².